The number of nitrogens with one attached hydrogen (secondary N) is 1. The molecule has 1 N–H and O–H groups in total. The summed E-state index contributed by atoms with van der Waals surface area (Å²) in [6.45, 7) is 5.21. The fourth-order valence-electron chi connectivity index (χ4n) is 2.58. The van der Waals surface area contributed by atoms with Gasteiger partial charge in [-0.25, -0.2) is 0 Å². The summed E-state index contributed by atoms with van der Waals surface area (Å²) in [6, 6.07) is 3.55. The van der Waals surface area contributed by atoms with Crippen molar-refractivity contribution in [2.24, 2.45) is 0 Å². The number of rotatable bonds is 4. The second kappa shape index (κ2) is 7.13. The summed E-state index contributed by atoms with van der Waals surface area (Å²) >= 11 is 6.25. The summed E-state index contributed by atoms with van der Waals surface area (Å²) in [5, 5.41) is 7.21. The van der Waals surface area contributed by atoms with Gasteiger partial charge in [-0.1, -0.05) is 16.8 Å². The van der Waals surface area contributed by atoms with Crippen LogP contribution in [0.15, 0.2) is 16.7 Å². The van der Waals surface area contributed by atoms with Crippen LogP contribution in [0.4, 0.5) is 0 Å². The Bertz CT molecular complexity index is 738. The van der Waals surface area contributed by atoms with Crippen molar-refractivity contribution in [3.05, 3.63) is 39.7 Å². The SMILES string of the molecule is Cc1noc(C)c1CNC(=O)Cc1cc(Cl)c2c(c1)OCCCO2. The van der Waals surface area contributed by atoms with Gasteiger partial charge < -0.3 is 19.3 Å². The molecule has 0 radical (unpaired) electrons. The van der Waals surface area contributed by atoms with Crippen LogP contribution in [0.2, 0.25) is 5.02 Å². The van der Waals surface area contributed by atoms with Gasteiger partial charge in [0.05, 0.1) is 30.4 Å². The molecule has 0 unspecified atom stereocenters. The molecule has 0 saturated carbocycles. The van der Waals surface area contributed by atoms with Crippen LogP contribution in [-0.2, 0) is 17.8 Å². The van der Waals surface area contributed by atoms with Crippen LogP contribution in [0.3, 0.4) is 0 Å². The van der Waals surface area contributed by atoms with Gasteiger partial charge in [0.1, 0.15) is 5.76 Å². The van der Waals surface area contributed by atoms with E-state index in [1.54, 1.807) is 6.07 Å². The highest BCUT2D eigenvalue weighted by Crippen LogP contribution is 2.38. The van der Waals surface area contributed by atoms with E-state index in [4.69, 9.17) is 25.6 Å². The third-order valence-electron chi connectivity index (χ3n) is 3.87. The summed E-state index contributed by atoms with van der Waals surface area (Å²) in [5.74, 6) is 1.74. The van der Waals surface area contributed by atoms with Crippen LogP contribution in [0.5, 0.6) is 11.5 Å². The number of fused-ring (bicyclic) bond motifs is 1. The molecule has 1 aliphatic rings. The number of nitrogens with zero attached hydrogens (tertiary/aromatic N) is 1. The van der Waals surface area contributed by atoms with E-state index in [-0.39, 0.29) is 12.3 Å². The number of hydrogen-bond acceptors (Lipinski definition) is 5. The molecule has 2 aromatic rings. The molecular formula is C17H19ClN2O4. The Balaban J connectivity index is 1.66. The second-order valence-corrected chi connectivity index (χ2v) is 6.12. The second-order valence-electron chi connectivity index (χ2n) is 5.71. The average Bonchev–Trinajstić information content (AvgIpc) is 2.74. The minimum absolute atomic E-state index is 0.111. The van der Waals surface area contributed by atoms with Gasteiger partial charge in [-0.15, -0.1) is 0 Å². The zero-order valence-electron chi connectivity index (χ0n) is 13.6. The number of carbonyl (C=O) groups excluding carboxylic acids is 1. The third-order valence-corrected chi connectivity index (χ3v) is 4.15. The Morgan fingerprint density at radius 3 is 2.83 bits per heavy atom. The summed E-state index contributed by atoms with van der Waals surface area (Å²) in [4.78, 5) is 12.2. The van der Waals surface area contributed by atoms with E-state index in [0.29, 0.717) is 42.0 Å². The van der Waals surface area contributed by atoms with Crippen molar-refractivity contribution < 1.29 is 18.8 Å². The van der Waals surface area contributed by atoms with E-state index in [2.05, 4.69) is 10.5 Å². The molecule has 0 bridgehead atoms. The smallest absolute Gasteiger partial charge is 0.224 e. The van der Waals surface area contributed by atoms with Crippen LogP contribution in [0.1, 0.15) is 29.0 Å². The highest BCUT2D eigenvalue weighted by molar-refractivity contribution is 6.32. The van der Waals surface area contributed by atoms with Gasteiger partial charge in [-0.2, -0.15) is 0 Å². The topological polar surface area (TPSA) is 73.6 Å². The molecule has 1 aliphatic heterocycles. The van der Waals surface area contributed by atoms with Crippen LogP contribution < -0.4 is 14.8 Å². The maximum Gasteiger partial charge on any atom is 0.224 e. The summed E-state index contributed by atoms with van der Waals surface area (Å²) < 4.78 is 16.3. The maximum absolute atomic E-state index is 12.2. The van der Waals surface area contributed by atoms with Crippen LogP contribution in [0.25, 0.3) is 0 Å². The molecule has 6 nitrogen and oxygen atoms in total. The van der Waals surface area contributed by atoms with E-state index in [1.165, 1.54) is 0 Å². The summed E-state index contributed by atoms with van der Waals surface area (Å²) in [6.07, 6.45) is 1.01. The number of halogens is 1. The Hall–Kier alpha value is -2.21. The fraction of sp³-hybridized carbons (Fsp3) is 0.412. The van der Waals surface area contributed by atoms with Crippen molar-refractivity contribution in [2.75, 3.05) is 13.2 Å². The van der Waals surface area contributed by atoms with Crippen molar-refractivity contribution in [1.29, 1.82) is 0 Å². The molecule has 7 heteroatoms. The molecule has 2 heterocycles. The monoisotopic (exact) mass is 350 g/mol. The van der Waals surface area contributed by atoms with Gasteiger partial charge in [0.25, 0.3) is 0 Å². The van der Waals surface area contributed by atoms with Crippen molar-refractivity contribution in [3.8, 4) is 11.5 Å². The molecule has 1 aromatic carbocycles. The Kier molecular flexibility index (Phi) is 4.94. The molecule has 0 aliphatic carbocycles. The van der Waals surface area contributed by atoms with Crippen LogP contribution in [0, 0.1) is 13.8 Å². The van der Waals surface area contributed by atoms with Crippen molar-refractivity contribution in [3.63, 3.8) is 0 Å². The number of aromatic nitrogens is 1. The lowest BCUT2D eigenvalue weighted by Crippen LogP contribution is -2.25. The van der Waals surface area contributed by atoms with Crippen molar-refractivity contribution in [2.45, 2.75) is 33.2 Å². The Morgan fingerprint density at radius 2 is 2.08 bits per heavy atom. The van der Waals surface area contributed by atoms with Crippen molar-refractivity contribution in [1.82, 2.24) is 10.5 Å². The fourth-order valence-corrected chi connectivity index (χ4v) is 2.86. The van der Waals surface area contributed by atoms with E-state index in [9.17, 15) is 4.79 Å². The average molecular weight is 351 g/mol. The lowest BCUT2D eigenvalue weighted by molar-refractivity contribution is -0.120. The van der Waals surface area contributed by atoms with E-state index in [0.717, 1.165) is 23.2 Å². The number of ether oxygens (including phenoxy) is 2. The highest BCUT2D eigenvalue weighted by atomic mass is 35.5. The highest BCUT2D eigenvalue weighted by Gasteiger charge is 2.17. The van der Waals surface area contributed by atoms with Gasteiger partial charge in [0.2, 0.25) is 5.91 Å². The van der Waals surface area contributed by atoms with Gasteiger partial charge >= 0.3 is 0 Å². The van der Waals surface area contributed by atoms with Crippen molar-refractivity contribution >= 4 is 17.5 Å². The number of amides is 1. The van der Waals surface area contributed by atoms with Crippen LogP contribution >= 0.6 is 11.6 Å². The summed E-state index contributed by atoms with van der Waals surface area (Å²) in [7, 11) is 0. The van der Waals surface area contributed by atoms with Gasteiger partial charge in [-0.05, 0) is 31.5 Å². The minimum atomic E-state index is -0.111. The first kappa shape index (κ1) is 16.6. The lowest BCUT2D eigenvalue weighted by atomic mass is 10.1. The molecular weight excluding hydrogens is 332 g/mol. The maximum atomic E-state index is 12.2. The van der Waals surface area contributed by atoms with Gasteiger partial charge in [0.15, 0.2) is 11.5 Å². The predicted octanol–water partition coefficient (Wildman–Crippen LogP) is 2.97. The first-order chi connectivity index (χ1) is 11.5. The number of aryl methyl sites for hydroxylation is 2. The number of benzene rings is 1. The molecule has 1 amide bonds. The van der Waals surface area contributed by atoms with E-state index >= 15 is 0 Å². The molecule has 0 spiro atoms. The zero-order chi connectivity index (χ0) is 17.1. The molecule has 0 fully saturated rings. The quantitative estimate of drug-likeness (QED) is 0.917. The molecule has 0 saturated heterocycles. The number of carbonyl (C=O) groups is 1. The minimum Gasteiger partial charge on any atom is -0.489 e. The summed E-state index contributed by atoms with van der Waals surface area (Å²) in [5.41, 5.74) is 2.46. The molecule has 24 heavy (non-hydrogen) atoms. The molecule has 0 atom stereocenters. The predicted molar refractivity (Wildman–Crippen MR) is 88.6 cm³/mol. The first-order valence-corrected chi connectivity index (χ1v) is 8.19. The lowest BCUT2D eigenvalue weighted by Gasteiger charge is -2.11. The van der Waals surface area contributed by atoms with Crippen LogP contribution in [-0.4, -0.2) is 24.3 Å². The third kappa shape index (κ3) is 3.64. The normalized spacial score (nSPS) is 13.5. The Morgan fingerprint density at radius 1 is 1.29 bits per heavy atom. The van der Waals surface area contributed by atoms with E-state index in [1.807, 2.05) is 19.9 Å². The standard InChI is InChI=1S/C17H19ClN2O4/c1-10-13(11(2)24-20-10)9-19-16(21)8-12-6-14(18)17-15(7-12)22-4-3-5-23-17/h6-7H,3-5,8-9H2,1-2H3,(H,19,21). The molecule has 1 aromatic heterocycles. The van der Waals surface area contributed by atoms with Gasteiger partial charge in [0, 0.05) is 18.5 Å². The largest absolute Gasteiger partial charge is 0.489 e. The molecule has 3 rings (SSSR count). The number of hydrogen-bond donors (Lipinski definition) is 1. The van der Waals surface area contributed by atoms with Gasteiger partial charge in [-0.3, -0.25) is 4.79 Å². The van der Waals surface area contributed by atoms with E-state index < -0.39 is 0 Å². The first-order valence-electron chi connectivity index (χ1n) is 7.81. The molecule has 128 valence electrons. The Labute approximate surface area is 145 Å². The zero-order valence-corrected chi connectivity index (χ0v) is 14.4.